The summed E-state index contributed by atoms with van der Waals surface area (Å²) in [6.07, 6.45) is -0.936. The number of carbonyl (C=O) groups excluding carboxylic acids is 3. The molecule has 2 aliphatic rings. The molecule has 2 unspecified atom stereocenters. The third kappa shape index (κ3) is 5.40. The number of rotatable bonds is 7. The van der Waals surface area contributed by atoms with Crippen LogP contribution in [0, 0.1) is 11.6 Å². The summed E-state index contributed by atoms with van der Waals surface area (Å²) in [6, 6.07) is 2.61. The lowest BCUT2D eigenvalue weighted by molar-refractivity contribution is -0.0109. The molecule has 11 nitrogen and oxygen atoms in total. The molecule has 0 spiro atoms. The largest absolute Gasteiger partial charge is 0.511 e. The van der Waals surface area contributed by atoms with Gasteiger partial charge in [-0.2, -0.15) is 0 Å². The molecule has 4 rings (SSSR count). The molecule has 3 heterocycles. The van der Waals surface area contributed by atoms with Gasteiger partial charge in [0.1, 0.15) is 17.2 Å². The molecule has 2 amide bonds. The Labute approximate surface area is 209 Å². The van der Waals surface area contributed by atoms with E-state index in [4.69, 9.17) is 18.9 Å². The van der Waals surface area contributed by atoms with E-state index in [0.717, 1.165) is 6.07 Å². The van der Waals surface area contributed by atoms with Crippen molar-refractivity contribution >= 4 is 18.0 Å². The Bertz CT molecular complexity index is 1300. The second kappa shape index (κ2) is 10.5. The van der Waals surface area contributed by atoms with Gasteiger partial charge in [0.05, 0.1) is 25.3 Å². The zero-order valence-corrected chi connectivity index (χ0v) is 20.3. The third-order valence-electron chi connectivity index (χ3n) is 5.75. The summed E-state index contributed by atoms with van der Waals surface area (Å²) < 4.78 is 49.2. The lowest BCUT2D eigenvalue weighted by Gasteiger charge is -2.34. The van der Waals surface area contributed by atoms with Crippen molar-refractivity contribution in [1.29, 1.82) is 0 Å². The molecule has 2 aromatic rings. The van der Waals surface area contributed by atoms with Gasteiger partial charge >= 0.3 is 6.16 Å². The minimum Gasteiger partial charge on any atom is -0.451 e. The Kier molecular flexibility index (Phi) is 7.43. The molecule has 0 saturated carbocycles. The minimum atomic E-state index is -1.05. The number of amides is 2. The Morgan fingerprint density at radius 2 is 2.00 bits per heavy atom. The van der Waals surface area contributed by atoms with Crippen LogP contribution in [0.3, 0.4) is 0 Å². The van der Waals surface area contributed by atoms with E-state index in [0.29, 0.717) is 6.07 Å². The van der Waals surface area contributed by atoms with Gasteiger partial charge in [-0.15, -0.1) is 0 Å². The van der Waals surface area contributed by atoms with Crippen LogP contribution in [0.1, 0.15) is 47.2 Å². The molecule has 2 aliphatic heterocycles. The van der Waals surface area contributed by atoms with Gasteiger partial charge in [0.15, 0.2) is 11.9 Å². The van der Waals surface area contributed by atoms with E-state index >= 15 is 0 Å². The average Bonchev–Trinajstić information content (AvgIpc) is 3.19. The normalized spacial score (nSPS) is 18.3. The Morgan fingerprint density at radius 1 is 1.24 bits per heavy atom. The number of fused-ring (bicyclic) bond motifs is 2. The fraction of sp³-hybridized carbons (Fsp3) is 0.417. The molecule has 1 saturated heterocycles. The highest BCUT2D eigenvalue weighted by atomic mass is 19.1. The van der Waals surface area contributed by atoms with Crippen molar-refractivity contribution in [2.75, 3.05) is 13.4 Å². The van der Waals surface area contributed by atoms with Crippen molar-refractivity contribution in [2.45, 2.75) is 52.2 Å². The van der Waals surface area contributed by atoms with E-state index in [2.05, 4.69) is 5.32 Å². The molecule has 37 heavy (non-hydrogen) atoms. The third-order valence-corrected chi connectivity index (χ3v) is 5.75. The van der Waals surface area contributed by atoms with E-state index in [9.17, 15) is 28.0 Å². The number of halogens is 2. The monoisotopic (exact) mass is 521 g/mol. The van der Waals surface area contributed by atoms with E-state index in [-0.39, 0.29) is 37.0 Å². The highest BCUT2D eigenvalue weighted by Gasteiger charge is 2.43. The average molecular weight is 521 g/mol. The molecule has 0 radical (unpaired) electrons. The number of nitrogens with one attached hydrogen (secondary N) is 1. The van der Waals surface area contributed by atoms with Crippen molar-refractivity contribution in [2.24, 2.45) is 0 Å². The van der Waals surface area contributed by atoms with E-state index in [1.807, 2.05) is 0 Å². The molecule has 198 valence electrons. The van der Waals surface area contributed by atoms with Gasteiger partial charge in [-0.05, 0) is 26.8 Å². The first-order valence-electron chi connectivity index (χ1n) is 11.5. The van der Waals surface area contributed by atoms with Crippen LogP contribution in [0.2, 0.25) is 0 Å². The Morgan fingerprint density at radius 3 is 2.70 bits per heavy atom. The van der Waals surface area contributed by atoms with Crippen molar-refractivity contribution < 1.29 is 42.1 Å². The molecule has 0 bridgehead atoms. The van der Waals surface area contributed by atoms with Gasteiger partial charge in [0.2, 0.25) is 18.0 Å². The van der Waals surface area contributed by atoms with Crippen molar-refractivity contribution in [3.8, 4) is 5.75 Å². The van der Waals surface area contributed by atoms with Crippen LogP contribution in [0.25, 0.3) is 0 Å². The molecule has 13 heteroatoms. The Balaban J connectivity index is 1.64. The zero-order chi connectivity index (χ0) is 26.9. The summed E-state index contributed by atoms with van der Waals surface area (Å²) in [7, 11) is 0. The van der Waals surface area contributed by atoms with Gasteiger partial charge in [-0.25, -0.2) is 13.6 Å². The predicted octanol–water partition coefficient (Wildman–Crippen LogP) is 2.16. The summed E-state index contributed by atoms with van der Waals surface area (Å²) in [5.41, 5.74) is -1.48. The van der Waals surface area contributed by atoms with Gasteiger partial charge in [0.25, 0.3) is 11.8 Å². The van der Waals surface area contributed by atoms with Crippen molar-refractivity contribution in [3.05, 3.63) is 63.1 Å². The maximum absolute atomic E-state index is 14.0. The van der Waals surface area contributed by atoms with Gasteiger partial charge < -0.3 is 33.7 Å². The summed E-state index contributed by atoms with van der Waals surface area (Å²) in [6.45, 7) is 4.30. The van der Waals surface area contributed by atoms with Crippen LogP contribution in [0.15, 0.2) is 29.2 Å². The van der Waals surface area contributed by atoms with Gasteiger partial charge in [-0.1, -0.05) is 6.07 Å². The van der Waals surface area contributed by atoms with Crippen LogP contribution in [-0.4, -0.2) is 59.2 Å². The van der Waals surface area contributed by atoms with Crippen LogP contribution >= 0.6 is 0 Å². The van der Waals surface area contributed by atoms with Crippen LogP contribution in [0.4, 0.5) is 13.6 Å². The van der Waals surface area contributed by atoms with Crippen molar-refractivity contribution in [3.63, 3.8) is 0 Å². The standard InChI is InChI=1S/C24H25F2N3O8/c1-12(2)37-24(33)36-11-35-21-19-23(32)29-13(3)10-34-18(29)9-28(19)8-16(20(21)30)22(31)27-7-14-4-5-15(25)6-17(14)26/h4-6,8,12-13,18H,7,9-11H2,1-3H3,(H,27,31). The van der Waals surface area contributed by atoms with Crippen molar-refractivity contribution in [1.82, 2.24) is 14.8 Å². The summed E-state index contributed by atoms with van der Waals surface area (Å²) in [5, 5.41) is 2.41. The quantitative estimate of drug-likeness (QED) is 0.434. The fourth-order valence-corrected chi connectivity index (χ4v) is 4.05. The summed E-state index contributed by atoms with van der Waals surface area (Å²) in [4.78, 5) is 52.6. The molecule has 0 aliphatic carbocycles. The maximum Gasteiger partial charge on any atom is 0.511 e. The SMILES string of the molecule is CC(C)OC(=O)OCOc1c2n(cc(C(=O)NCc3ccc(F)cc3F)c1=O)CC1OCC(C)N1C2=O. The summed E-state index contributed by atoms with van der Waals surface area (Å²) >= 11 is 0. The number of ether oxygens (including phenoxy) is 4. The number of carbonyl (C=O) groups is 3. The molecule has 1 N–H and O–H groups in total. The topological polar surface area (TPSA) is 125 Å². The lowest BCUT2D eigenvalue weighted by Crippen LogP contribution is -2.49. The minimum absolute atomic E-state index is 0.000475. The number of benzene rings is 1. The highest BCUT2D eigenvalue weighted by Crippen LogP contribution is 2.30. The second-order valence-corrected chi connectivity index (χ2v) is 8.79. The van der Waals surface area contributed by atoms with E-state index in [1.165, 1.54) is 21.7 Å². The second-order valence-electron chi connectivity index (χ2n) is 8.79. The first-order chi connectivity index (χ1) is 17.6. The zero-order valence-electron chi connectivity index (χ0n) is 20.3. The molecule has 1 aromatic carbocycles. The predicted molar refractivity (Wildman–Crippen MR) is 122 cm³/mol. The van der Waals surface area contributed by atoms with E-state index < -0.39 is 65.5 Å². The number of nitrogens with zero attached hydrogens (tertiary/aromatic N) is 2. The van der Waals surface area contributed by atoms with Crippen LogP contribution < -0.4 is 15.5 Å². The molecule has 1 aromatic heterocycles. The number of hydrogen-bond donors (Lipinski definition) is 1. The van der Waals surface area contributed by atoms with E-state index in [1.54, 1.807) is 20.8 Å². The fourth-order valence-electron chi connectivity index (χ4n) is 4.05. The van der Waals surface area contributed by atoms with Gasteiger partial charge in [0, 0.05) is 24.4 Å². The van der Waals surface area contributed by atoms with Crippen LogP contribution in [0.5, 0.6) is 5.75 Å². The summed E-state index contributed by atoms with van der Waals surface area (Å²) in [5.74, 6) is -3.58. The smallest absolute Gasteiger partial charge is 0.451 e. The maximum atomic E-state index is 14.0. The van der Waals surface area contributed by atoms with Crippen LogP contribution in [-0.2, 0) is 27.3 Å². The first-order valence-corrected chi connectivity index (χ1v) is 11.5. The number of hydrogen-bond acceptors (Lipinski definition) is 8. The Hall–Kier alpha value is -4.00. The molecule has 1 fully saturated rings. The van der Waals surface area contributed by atoms with Gasteiger partial charge in [-0.3, -0.25) is 14.4 Å². The molecule has 2 atom stereocenters. The highest BCUT2D eigenvalue weighted by molar-refractivity contribution is 5.99. The number of aromatic nitrogens is 1. The number of pyridine rings is 1. The molecular formula is C24H25F2N3O8. The lowest BCUT2D eigenvalue weighted by atomic mass is 10.1. The first kappa shape index (κ1) is 26.1. The molecular weight excluding hydrogens is 496 g/mol.